The number of rotatable bonds is 4. The van der Waals surface area contributed by atoms with E-state index in [2.05, 4.69) is 28.0 Å². The summed E-state index contributed by atoms with van der Waals surface area (Å²) < 4.78 is 5.24. The van der Waals surface area contributed by atoms with E-state index in [1.807, 2.05) is 49.5 Å². The highest BCUT2D eigenvalue weighted by Crippen LogP contribution is 2.25. The number of carbonyl (C=O) groups excluding carboxylic acids is 1. The number of hydrogen-bond donors (Lipinski definition) is 3. The zero-order valence-corrected chi connectivity index (χ0v) is 14.8. The molecular formula is C20H22N4O2. The Bertz CT molecular complexity index is 922. The molecule has 0 bridgehead atoms. The van der Waals surface area contributed by atoms with E-state index < -0.39 is 0 Å². The normalized spacial score (nSPS) is 19.6. The van der Waals surface area contributed by atoms with Gasteiger partial charge in [-0.15, -0.1) is 0 Å². The fourth-order valence-electron chi connectivity index (χ4n) is 3.38. The average Bonchev–Trinajstić information content (AvgIpc) is 3.34. The molecule has 1 aromatic heterocycles. The SMILES string of the molecule is COc1ccc2cc(C(=O)N(C)C3CC(c4ccccc4)NN3)[nH]c2c1. The lowest BCUT2D eigenvalue weighted by atomic mass is 10.0. The van der Waals surface area contributed by atoms with E-state index in [0.29, 0.717) is 5.69 Å². The minimum atomic E-state index is -0.0753. The summed E-state index contributed by atoms with van der Waals surface area (Å²) in [6.07, 6.45) is 0.731. The number of aromatic amines is 1. The predicted octanol–water partition coefficient (Wildman–Crippen LogP) is 2.81. The smallest absolute Gasteiger partial charge is 0.271 e. The van der Waals surface area contributed by atoms with Crippen molar-refractivity contribution in [3.8, 4) is 5.75 Å². The molecule has 6 nitrogen and oxygen atoms in total. The maximum Gasteiger partial charge on any atom is 0.271 e. The number of methoxy groups -OCH3 is 1. The molecule has 1 amide bonds. The van der Waals surface area contributed by atoms with E-state index in [1.54, 1.807) is 12.0 Å². The van der Waals surface area contributed by atoms with E-state index >= 15 is 0 Å². The summed E-state index contributed by atoms with van der Waals surface area (Å²) in [4.78, 5) is 17.8. The van der Waals surface area contributed by atoms with Crippen molar-refractivity contribution < 1.29 is 9.53 Å². The van der Waals surface area contributed by atoms with Crippen LogP contribution in [0.1, 0.15) is 28.5 Å². The van der Waals surface area contributed by atoms with E-state index in [1.165, 1.54) is 5.56 Å². The third kappa shape index (κ3) is 3.05. The standard InChI is InChI=1S/C20H22N4O2/c1-24(19-12-17(22-23-19)13-6-4-3-5-7-13)20(25)18-10-14-8-9-15(26-2)11-16(14)21-18/h3-11,17,19,21-23H,12H2,1-2H3. The lowest BCUT2D eigenvalue weighted by Crippen LogP contribution is -2.45. The number of ether oxygens (including phenoxy) is 1. The van der Waals surface area contributed by atoms with Crippen molar-refractivity contribution in [2.24, 2.45) is 0 Å². The Kier molecular flexibility index (Phi) is 4.36. The van der Waals surface area contributed by atoms with Crippen LogP contribution < -0.4 is 15.6 Å². The lowest BCUT2D eigenvalue weighted by Gasteiger charge is -2.23. The number of carbonyl (C=O) groups is 1. The van der Waals surface area contributed by atoms with Crippen molar-refractivity contribution in [2.75, 3.05) is 14.2 Å². The first-order valence-electron chi connectivity index (χ1n) is 8.65. The maximum absolute atomic E-state index is 12.9. The molecule has 1 aliphatic rings. The Morgan fingerprint density at radius 1 is 1.12 bits per heavy atom. The van der Waals surface area contributed by atoms with Crippen LogP contribution in [0.3, 0.4) is 0 Å². The predicted molar refractivity (Wildman–Crippen MR) is 101 cm³/mol. The Morgan fingerprint density at radius 2 is 1.92 bits per heavy atom. The monoisotopic (exact) mass is 350 g/mol. The summed E-state index contributed by atoms with van der Waals surface area (Å²) in [5.41, 5.74) is 9.18. The number of fused-ring (bicyclic) bond motifs is 1. The zero-order chi connectivity index (χ0) is 18.1. The molecule has 0 saturated carbocycles. The van der Waals surface area contributed by atoms with Crippen LogP contribution in [-0.2, 0) is 0 Å². The lowest BCUT2D eigenvalue weighted by molar-refractivity contribution is 0.0708. The van der Waals surface area contributed by atoms with Gasteiger partial charge in [0.05, 0.1) is 13.3 Å². The first-order chi connectivity index (χ1) is 12.7. The molecule has 0 radical (unpaired) electrons. The average molecular weight is 350 g/mol. The van der Waals surface area contributed by atoms with Gasteiger partial charge in [-0.05, 0) is 23.8 Å². The molecule has 0 aliphatic carbocycles. The van der Waals surface area contributed by atoms with Crippen molar-refractivity contribution in [3.05, 3.63) is 65.9 Å². The van der Waals surface area contributed by atoms with E-state index in [9.17, 15) is 4.79 Å². The number of amides is 1. The van der Waals surface area contributed by atoms with Crippen molar-refractivity contribution in [1.82, 2.24) is 20.7 Å². The molecule has 1 saturated heterocycles. The van der Waals surface area contributed by atoms with Crippen LogP contribution >= 0.6 is 0 Å². The number of benzene rings is 2. The topological polar surface area (TPSA) is 69.4 Å². The molecule has 2 unspecified atom stereocenters. The van der Waals surface area contributed by atoms with Gasteiger partial charge in [0.15, 0.2) is 0 Å². The molecule has 1 fully saturated rings. The molecule has 2 aromatic carbocycles. The van der Waals surface area contributed by atoms with Crippen molar-refractivity contribution in [2.45, 2.75) is 18.6 Å². The van der Waals surface area contributed by atoms with Crippen molar-refractivity contribution in [3.63, 3.8) is 0 Å². The molecule has 2 atom stereocenters. The molecule has 0 spiro atoms. The van der Waals surface area contributed by atoms with Crippen LogP contribution in [0.5, 0.6) is 5.75 Å². The number of hydrogen-bond acceptors (Lipinski definition) is 4. The molecule has 3 aromatic rings. The van der Waals surface area contributed by atoms with Gasteiger partial charge in [0.25, 0.3) is 5.91 Å². The van der Waals surface area contributed by atoms with Crippen LogP contribution in [0.4, 0.5) is 0 Å². The van der Waals surface area contributed by atoms with Crippen LogP contribution in [0.25, 0.3) is 10.9 Å². The van der Waals surface area contributed by atoms with Gasteiger partial charge >= 0.3 is 0 Å². The van der Waals surface area contributed by atoms with Gasteiger partial charge in [0.2, 0.25) is 0 Å². The number of aromatic nitrogens is 1. The van der Waals surface area contributed by atoms with E-state index in [0.717, 1.165) is 23.1 Å². The molecule has 2 heterocycles. The molecule has 26 heavy (non-hydrogen) atoms. The Hall–Kier alpha value is -2.83. The van der Waals surface area contributed by atoms with Gasteiger partial charge in [-0.2, -0.15) is 0 Å². The highest BCUT2D eigenvalue weighted by Gasteiger charge is 2.30. The largest absolute Gasteiger partial charge is 0.497 e. The van der Waals surface area contributed by atoms with Gasteiger partial charge < -0.3 is 14.6 Å². The molecule has 1 aliphatic heterocycles. The van der Waals surface area contributed by atoms with Crippen LogP contribution in [0.15, 0.2) is 54.6 Å². The van der Waals surface area contributed by atoms with Gasteiger partial charge in [-0.25, -0.2) is 10.9 Å². The van der Waals surface area contributed by atoms with E-state index in [4.69, 9.17) is 4.74 Å². The van der Waals surface area contributed by atoms with Crippen LogP contribution in [-0.4, -0.2) is 36.1 Å². The van der Waals surface area contributed by atoms with Crippen LogP contribution in [0.2, 0.25) is 0 Å². The van der Waals surface area contributed by atoms with Crippen LogP contribution in [0, 0.1) is 0 Å². The molecule has 134 valence electrons. The van der Waals surface area contributed by atoms with E-state index in [-0.39, 0.29) is 18.1 Å². The number of nitrogens with zero attached hydrogens (tertiary/aromatic N) is 1. The molecular weight excluding hydrogens is 328 g/mol. The third-order valence-corrected chi connectivity index (χ3v) is 4.93. The first kappa shape index (κ1) is 16.6. The summed E-state index contributed by atoms with van der Waals surface area (Å²) in [6.45, 7) is 0. The second kappa shape index (κ2) is 6.82. The zero-order valence-electron chi connectivity index (χ0n) is 14.8. The highest BCUT2D eigenvalue weighted by molar-refractivity contribution is 5.98. The summed E-state index contributed by atoms with van der Waals surface area (Å²) in [7, 11) is 3.45. The first-order valence-corrected chi connectivity index (χ1v) is 8.65. The summed E-state index contributed by atoms with van der Waals surface area (Å²) in [6, 6.07) is 18.0. The molecule has 6 heteroatoms. The summed E-state index contributed by atoms with van der Waals surface area (Å²) in [5, 5.41) is 0.988. The molecule has 3 N–H and O–H groups in total. The Balaban J connectivity index is 1.49. The van der Waals surface area contributed by atoms with Gasteiger partial charge in [-0.1, -0.05) is 30.3 Å². The minimum absolute atomic E-state index is 0.0480. The summed E-state index contributed by atoms with van der Waals surface area (Å²) in [5.74, 6) is 0.715. The Labute approximate surface area is 152 Å². The minimum Gasteiger partial charge on any atom is -0.497 e. The Morgan fingerprint density at radius 3 is 2.69 bits per heavy atom. The molecule has 4 rings (SSSR count). The second-order valence-corrected chi connectivity index (χ2v) is 6.56. The quantitative estimate of drug-likeness (QED) is 0.677. The fourth-order valence-corrected chi connectivity index (χ4v) is 3.38. The number of hydrazine groups is 1. The number of nitrogens with one attached hydrogen (secondary N) is 3. The second-order valence-electron chi connectivity index (χ2n) is 6.56. The third-order valence-electron chi connectivity index (χ3n) is 4.93. The van der Waals surface area contributed by atoms with Gasteiger partial charge in [0.1, 0.15) is 11.4 Å². The van der Waals surface area contributed by atoms with Gasteiger partial charge in [0, 0.05) is 36.5 Å². The van der Waals surface area contributed by atoms with Crippen molar-refractivity contribution in [1.29, 1.82) is 0 Å². The highest BCUT2D eigenvalue weighted by atomic mass is 16.5. The maximum atomic E-state index is 12.9. The fraction of sp³-hybridized carbons (Fsp3) is 0.250. The summed E-state index contributed by atoms with van der Waals surface area (Å²) >= 11 is 0. The number of H-pyrrole nitrogens is 1. The van der Waals surface area contributed by atoms with Crippen molar-refractivity contribution >= 4 is 16.8 Å². The van der Waals surface area contributed by atoms with Gasteiger partial charge in [-0.3, -0.25) is 4.79 Å².